The number of rotatable bonds is 5. The van der Waals surface area contributed by atoms with Crippen molar-refractivity contribution in [2.75, 3.05) is 0 Å². The molecule has 0 amide bonds. The van der Waals surface area contributed by atoms with Gasteiger partial charge in [0.05, 0.1) is 16.6 Å². The lowest BCUT2D eigenvalue weighted by Crippen LogP contribution is -2.00. The summed E-state index contributed by atoms with van der Waals surface area (Å²) in [5.74, 6) is 0.577. The minimum Gasteiger partial charge on any atom is -0.457 e. The van der Waals surface area contributed by atoms with Gasteiger partial charge in [0, 0.05) is 0 Å². The molecule has 21 heavy (non-hydrogen) atoms. The summed E-state index contributed by atoms with van der Waals surface area (Å²) in [6.45, 7) is 3.35. The summed E-state index contributed by atoms with van der Waals surface area (Å²) < 4.78 is 5.59. The molecular formula is C16H15NO4. The number of nitro groups is 1. The minimum atomic E-state index is -0.580. The molecule has 0 saturated heterocycles. The normalized spacial score (nSPS) is 10.2. The van der Waals surface area contributed by atoms with E-state index in [1.165, 1.54) is 24.6 Å². The third kappa shape index (κ3) is 3.45. The maximum atomic E-state index is 11.4. The Morgan fingerprint density at radius 1 is 1.14 bits per heavy atom. The van der Waals surface area contributed by atoms with Crippen LogP contribution in [0.2, 0.25) is 0 Å². The molecule has 0 aliphatic carbocycles. The third-order valence-electron chi connectivity index (χ3n) is 3.11. The summed E-state index contributed by atoms with van der Waals surface area (Å²) in [7, 11) is 0. The molecule has 0 aliphatic rings. The van der Waals surface area contributed by atoms with E-state index in [1.807, 2.05) is 24.3 Å². The van der Waals surface area contributed by atoms with Crippen LogP contribution in [0, 0.1) is 10.1 Å². The van der Waals surface area contributed by atoms with E-state index < -0.39 is 4.92 Å². The maximum Gasteiger partial charge on any atom is 0.283 e. The van der Waals surface area contributed by atoms with Gasteiger partial charge in [0.25, 0.3) is 5.69 Å². The highest BCUT2D eigenvalue weighted by atomic mass is 16.6. The first-order chi connectivity index (χ1) is 10.0. The second-order valence-electron chi connectivity index (χ2n) is 4.59. The van der Waals surface area contributed by atoms with Gasteiger partial charge in [-0.2, -0.15) is 0 Å². The lowest BCUT2D eigenvalue weighted by molar-refractivity contribution is -0.385. The van der Waals surface area contributed by atoms with Crippen molar-refractivity contribution in [3.05, 3.63) is 63.7 Å². The summed E-state index contributed by atoms with van der Waals surface area (Å²) in [4.78, 5) is 21.8. The van der Waals surface area contributed by atoms with Crippen molar-refractivity contribution < 1.29 is 14.5 Å². The van der Waals surface area contributed by atoms with Crippen molar-refractivity contribution in [2.24, 2.45) is 0 Å². The zero-order valence-corrected chi connectivity index (χ0v) is 11.8. The number of nitrogens with zero attached hydrogens (tertiary/aromatic N) is 1. The summed E-state index contributed by atoms with van der Waals surface area (Å²) in [5, 5.41) is 11.0. The third-order valence-corrected chi connectivity index (χ3v) is 3.11. The Bertz CT molecular complexity index is 677. The molecule has 0 saturated carbocycles. The Labute approximate surface area is 122 Å². The molecule has 0 heterocycles. The largest absolute Gasteiger partial charge is 0.457 e. The van der Waals surface area contributed by atoms with Crippen LogP contribution in [-0.4, -0.2) is 10.7 Å². The lowest BCUT2D eigenvalue weighted by Gasteiger charge is -2.07. The molecule has 0 bridgehead atoms. The highest BCUT2D eigenvalue weighted by Gasteiger charge is 2.18. The predicted octanol–water partition coefficient (Wildman–Crippen LogP) is 4.15. The molecule has 2 aromatic rings. The number of aryl methyl sites for hydroxylation is 1. The Balaban J connectivity index is 2.29. The monoisotopic (exact) mass is 285 g/mol. The molecule has 5 heteroatoms. The van der Waals surface area contributed by atoms with Crippen LogP contribution in [0.5, 0.6) is 11.5 Å². The van der Waals surface area contributed by atoms with Gasteiger partial charge in [-0.3, -0.25) is 14.9 Å². The van der Waals surface area contributed by atoms with Crippen molar-refractivity contribution in [2.45, 2.75) is 20.3 Å². The van der Waals surface area contributed by atoms with Gasteiger partial charge in [-0.15, -0.1) is 0 Å². The van der Waals surface area contributed by atoms with Gasteiger partial charge in [0.2, 0.25) is 0 Å². The summed E-state index contributed by atoms with van der Waals surface area (Å²) in [6, 6.07) is 11.7. The van der Waals surface area contributed by atoms with Gasteiger partial charge in [-0.05, 0) is 43.2 Å². The zero-order valence-electron chi connectivity index (χ0n) is 11.8. The first-order valence-electron chi connectivity index (χ1n) is 6.57. The van der Waals surface area contributed by atoms with E-state index in [9.17, 15) is 14.9 Å². The lowest BCUT2D eigenvalue weighted by atomic mass is 10.1. The van der Waals surface area contributed by atoms with E-state index in [0.29, 0.717) is 11.5 Å². The second kappa shape index (κ2) is 6.17. The number of ether oxygens (including phenoxy) is 1. The SMILES string of the molecule is CCc1ccc(Oc2ccc(C(C)=O)c([N+](=O)[O-])c2)cc1. The van der Waals surface area contributed by atoms with Gasteiger partial charge >= 0.3 is 0 Å². The number of carbonyl (C=O) groups excluding carboxylic acids is 1. The molecule has 0 radical (unpaired) electrons. The number of benzene rings is 2. The zero-order chi connectivity index (χ0) is 15.4. The Morgan fingerprint density at radius 2 is 1.76 bits per heavy atom. The van der Waals surface area contributed by atoms with Crippen LogP contribution in [0.25, 0.3) is 0 Å². The Morgan fingerprint density at radius 3 is 2.29 bits per heavy atom. The molecule has 0 unspecified atom stereocenters. The summed E-state index contributed by atoms with van der Waals surface area (Å²) in [5.41, 5.74) is 1.01. The van der Waals surface area contributed by atoms with Gasteiger partial charge in [0.15, 0.2) is 5.78 Å². The predicted molar refractivity (Wildman–Crippen MR) is 79.0 cm³/mol. The molecule has 5 nitrogen and oxygen atoms in total. The van der Waals surface area contributed by atoms with Crippen LogP contribution < -0.4 is 4.74 Å². The van der Waals surface area contributed by atoms with Crippen molar-refractivity contribution in [1.29, 1.82) is 0 Å². The van der Waals surface area contributed by atoms with Crippen molar-refractivity contribution in [1.82, 2.24) is 0 Å². The number of carbonyl (C=O) groups is 1. The quantitative estimate of drug-likeness (QED) is 0.470. The molecule has 108 valence electrons. The average molecular weight is 285 g/mol. The van der Waals surface area contributed by atoms with E-state index in [-0.39, 0.29) is 17.0 Å². The van der Waals surface area contributed by atoms with Crippen molar-refractivity contribution in [3.8, 4) is 11.5 Å². The van der Waals surface area contributed by atoms with E-state index in [0.717, 1.165) is 6.42 Å². The standard InChI is InChI=1S/C16H15NO4/c1-3-12-4-6-13(7-5-12)21-14-8-9-15(11(2)18)16(10-14)17(19)20/h4-10H,3H2,1-2H3. The molecule has 0 fully saturated rings. The van der Waals surface area contributed by atoms with Crippen LogP contribution in [-0.2, 0) is 6.42 Å². The Kier molecular flexibility index (Phi) is 4.33. The van der Waals surface area contributed by atoms with Crippen molar-refractivity contribution >= 4 is 11.5 Å². The van der Waals surface area contributed by atoms with E-state index >= 15 is 0 Å². The van der Waals surface area contributed by atoms with Crippen LogP contribution >= 0.6 is 0 Å². The fourth-order valence-corrected chi connectivity index (χ4v) is 1.95. The van der Waals surface area contributed by atoms with E-state index in [1.54, 1.807) is 6.07 Å². The summed E-state index contributed by atoms with van der Waals surface area (Å²) in [6.07, 6.45) is 0.930. The topological polar surface area (TPSA) is 69.4 Å². The van der Waals surface area contributed by atoms with Crippen LogP contribution in [0.3, 0.4) is 0 Å². The number of nitro benzene ring substituents is 1. The molecule has 0 atom stereocenters. The van der Waals surface area contributed by atoms with E-state index in [4.69, 9.17) is 4.74 Å². The average Bonchev–Trinajstić information content (AvgIpc) is 2.47. The molecule has 0 aliphatic heterocycles. The first-order valence-corrected chi connectivity index (χ1v) is 6.57. The van der Waals surface area contributed by atoms with Crippen LogP contribution in [0.1, 0.15) is 29.8 Å². The highest BCUT2D eigenvalue weighted by molar-refractivity contribution is 5.98. The fraction of sp³-hybridized carbons (Fsp3) is 0.188. The molecule has 0 N–H and O–H groups in total. The van der Waals surface area contributed by atoms with Crippen LogP contribution in [0.4, 0.5) is 5.69 Å². The van der Waals surface area contributed by atoms with Gasteiger partial charge in [0.1, 0.15) is 11.5 Å². The highest BCUT2D eigenvalue weighted by Crippen LogP contribution is 2.28. The van der Waals surface area contributed by atoms with Crippen molar-refractivity contribution in [3.63, 3.8) is 0 Å². The maximum absolute atomic E-state index is 11.4. The molecule has 2 rings (SSSR count). The van der Waals surface area contributed by atoms with E-state index in [2.05, 4.69) is 6.92 Å². The smallest absolute Gasteiger partial charge is 0.283 e. The molecule has 0 spiro atoms. The summed E-state index contributed by atoms with van der Waals surface area (Å²) >= 11 is 0. The number of hydrogen-bond acceptors (Lipinski definition) is 4. The Hall–Kier alpha value is -2.69. The minimum absolute atomic E-state index is 0.0775. The van der Waals surface area contributed by atoms with Gasteiger partial charge in [-0.25, -0.2) is 0 Å². The van der Waals surface area contributed by atoms with Crippen LogP contribution in [0.15, 0.2) is 42.5 Å². The molecular weight excluding hydrogens is 270 g/mol. The van der Waals surface area contributed by atoms with Gasteiger partial charge in [-0.1, -0.05) is 19.1 Å². The molecule has 2 aromatic carbocycles. The number of ketones is 1. The van der Waals surface area contributed by atoms with Gasteiger partial charge < -0.3 is 4.74 Å². The number of Topliss-reactive ketones (excluding diaryl/α,β-unsaturated/α-hetero) is 1. The fourth-order valence-electron chi connectivity index (χ4n) is 1.95. The number of hydrogen-bond donors (Lipinski definition) is 0. The second-order valence-corrected chi connectivity index (χ2v) is 4.59. The first kappa shape index (κ1) is 14.7. The molecule has 0 aromatic heterocycles.